The fourth-order valence-corrected chi connectivity index (χ4v) is 3.60. The van der Waals surface area contributed by atoms with Gasteiger partial charge < -0.3 is 9.80 Å². The third-order valence-corrected chi connectivity index (χ3v) is 5.00. The smallest absolute Gasteiger partial charge is 0.227 e. The van der Waals surface area contributed by atoms with E-state index in [9.17, 15) is 9.59 Å². The van der Waals surface area contributed by atoms with Crippen LogP contribution in [0, 0.1) is 5.92 Å². The zero-order valence-electron chi connectivity index (χ0n) is 12.2. The minimum atomic E-state index is -0.452. The molecule has 0 N–H and O–H groups in total. The summed E-state index contributed by atoms with van der Waals surface area (Å²) >= 11 is 11.9. The van der Waals surface area contributed by atoms with Gasteiger partial charge in [-0.25, -0.2) is 0 Å². The van der Waals surface area contributed by atoms with Crippen LogP contribution in [-0.2, 0) is 9.59 Å². The maximum atomic E-state index is 12.0. The van der Waals surface area contributed by atoms with Gasteiger partial charge in [0, 0.05) is 31.7 Å². The van der Waals surface area contributed by atoms with Crippen LogP contribution in [0.1, 0.15) is 25.7 Å². The number of rotatable bonds is 3. The molecule has 0 aromatic heterocycles. The van der Waals surface area contributed by atoms with Crippen LogP contribution in [0.15, 0.2) is 18.2 Å². The molecule has 0 aliphatic carbocycles. The van der Waals surface area contributed by atoms with Gasteiger partial charge in [-0.2, -0.15) is 0 Å². The van der Waals surface area contributed by atoms with Crippen molar-refractivity contribution in [1.29, 1.82) is 0 Å². The van der Waals surface area contributed by atoms with Crippen molar-refractivity contribution in [3.05, 3.63) is 23.2 Å². The summed E-state index contributed by atoms with van der Waals surface area (Å²) in [4.78, 5) is 27.2. The first-order valence-corrected chi connectivity index (χ1v) is 8.36. The molecule has 1 atom stereocenters. The number of hydrogen-bond donors (Lipinski definition) is 0. The van der Waals surface area contributed by atoms with E-state index < -0.39 is 11.2 Å². The summed E-state index contributed by atoms with van der Waals surface area (Å²) in [7, 11) is 0. The molecular weight excluding hydrogens is 323 g/mol. The van der Waals surface area contributed by atoms with Crippen molar-refractivity contribution in [3.8, 4) is 0 Å². The average Bonchev–Trinajstić information content (AvgIpc) is 2.90. The van der Waals surface area contributed by atoms with E-state index in [0.29, 0.717) is 11.6 Å². The number of amides is 1. The molecule has 2 fully saturated rings. The summed E-state index contributed by atoms with van der Waals surface area (Å²) < 4.78 is 0. The van der Waals surface area contributed by atoms with Gasteiger partial charge in [-0.15, -0.1) is 0 Å². The zero-order valence-corrected chi connectivity index (χ0v) is 13.7. The Bertz CT molecular complexity index is 600. The lowest BCUT2D eigenvalue weighted by Crippen LogP contribution is -2.30. The van der Waals surface area contributed by atoms with Crippen LogP contribution in [0.3, 0.4) is 0 Å². The quantitative estimate of drug-likeness (QED) is 0.791. The largest absolute Gasteiger partial charge is 0.370 e. The number of nitrogens with zero attached hydrogens (tertiary/aromatic N) is 2. The normalized spacial score (nSPS) is 22.3. The van der Waals surface area contributed by atoms with Crippen LogP contribution in [0.5, 0.6) is 0 Å². The van der Waals surface area contributed by atoms with Crippen molar-refractivity contribution in [1.82, 2.24) is 0 Å². The van der Waals surface area contributed by atoms with Gasteiger partial charge in [0.15, 0.2) is 0 Å². The number of carbonyl (C=O) groups excluding carboxylic acids is 2. The highest BCUT2D eigenvalue weighted by Crippen LogP contribution is 2.34. The molecule has 0 unspecified atom stereocenters. The van der Waals surface area contributed by atoms with Gasteiger partial charge in [0.05, 0.1) is 16.6 Å². The van der Waals surface area contributed by atoms with Crippen molar-refractivity contribution < 1.29 is 9.59 Å². The van der Waals surface area contributed by atoms with E-state index in [4.69, 9.17) is 23.2 Å². The molecule has 6 heteroatoms. The van der Waals surface area contributed by atoms with Gasteiger partial charge in [-0.3, -0.25) is 9.59 Å². The van der Waals surface area contributed by atoms with Crippen molar-refractivity contribution in [2.45, 2.75) is 25.7 Å². The monoisotopic (exact) mass is 340 g/mol. The van der Waals surface area contributed by atoms with E-state index >= 15 is 0 Å². The first-order chi connectivity index (χ1) is 10.6. The van der Waals surface area contributed by atoms with E-state index in [1.54, 1.807) is 4.90 Å². The second kappa shape index (κ2) is 6.47. The highest BCUT2D eigenvalue weighted by molar-refractivity contribution is 6.64. The Morgan fingerprint density at radius 1 is 1.18 bits per heavy atom. The van der Waals surface area contributed by atoms with Crippen LogP contribution in [-0.4, -0.2) is 30.8 Å². The van der Waals surface area contributed by atoms with Gasteiger partial charge >= 0.3 is 0 Å². The van der Waals surface area contributed by atoms with Crippen molar-refractivity contribution in [3.63, 3.8) is 0 Å². The van der Waals surface area contributed by atoms with E-state index in [1.165, 1.54) is 19.3 Å². The molecule has 1 amide bonds. The number of hydrogen-bond acceptors (Lipinski definition) is 3. The first-order valence-electron chi connectivity index (χ1n) is 7.60. The third-order valence-electron chi connectivity index (χ3n) is 4.39. The fourth-order valence-electron chi connectivity index (χ4n) is 3.16. The van der Waals surface area contributed by atoms with E-state index in [2.05, 4.69) is 4.90 Å². The van der Waals surface area contributed by atoms with Crippen LogP contribution in [0.4, 0.5) is 11.4 Å². The predicted octanol–water partition coefficient (Wildman–Crippen LogP) is 3.45. The molecule has 0 spiro atoms. The lowest BCUT2D eigenvalue weighted by atomic mass is 10.1. The highest BCUT2D eigenvalue weighted by atomic mass is 35.5. The number of benzene rings is 1. The van der Waals surface area contributed by atoms with Gasteiger partial charge in [0.25, 0.3) is 0 Å². The lowest BCUT2D eigenvalue weighted by molar-refractivity contribution is -0.120. The molecule has 0 bridgehead atoms. The number of halogens is 2. The molecule has 118 valence electrons. The molecule has 22 heavy (non-hydrogen) atoms. The highest BCUT2D eigenvalue weighted by Gasteiger charge is 2.34. The van der Waals surface area contributed by atoms with Crippen molar-refractivity contribution in [2.24, 2.45) is 5.92 Å². The first kappa shape index (κ1) is 15.6. The predicted molar refractivity (Wildman–Crippen MR) is 88.8 cm³/mol. The Kier molecular flexibility index (Phi) is 4.59. The molecule has 2 saturated heterocycles. The summed E-state index contributed by atoms with van der Waals surface area (Å²) in [6.45, 7) is 2.37. The Morgan fingerprint density at radius 3 is 2.50 bits per heavy atom. The van der Waals surface area contributed by atoms with E-state index in [0.717, 1.165) is 24.5 Å². The molecule has 2 aliphatic rings. The molecule has 4 nitrogen and oxygen atoms in total. The summed E-state index contributed by atoms with van der Waals surface area (Å²) in [5.74, 6) is -0.504. The summed E-state index contributed by atoms with van der Waals surface area (Å²) in [6, 6.07) is 5.67. The Hall–Kier alpha value is -1.26. The molecule has 0 saturated carbocycles. The SMILES string of the molecule is O=C(Cl)[C@@H]1CC(=O)N(c2ccc(N3CCCCC3)c(Cl)c2)C1. The Morgan fingerprint density at radius 2 is 1.91 bits per heavy atom. The second-order valence-corrected chi connectivity index (χ2v) is 6.67. The molecule has 2 heterocycles. The number of carbonyl (C=O) groups is 2. The van der Waals surface area contributed by atoms with Gasteiger partial charge in [-0.05, 0) is 49.1 Å². The molecule has 0 radical (unpaired) electrons. The Labute approximate surface area is 140 Å². The topological polar surface area (TPSA) is 40.6 Å². The van der Waals surface area contributed by atoms with Crippen LogP contribution >= 0.6 is 23.2 Å². The second-order valence-electron chi connectivity index (χ2n) is 5.89. The van der Waals surface area contributed by atoms with E-state index in [1.807, 2.05) is 18.2 Å². The van der Waals surface area contributed by atoms with Crippen molar-refractivity contribution >= 4 is 45.7 Å². The fraction of sp³-hybridized carbons (Fsp3) is 0.500. The third kappa shape index (κ3) is 3.08. The molecule has 1 aromatic rings. The van der Waals surface area contributed by atoms with Gasteiger partial charge in [-0.1, -0.05) is 11.6 Å². The molecule has 1 aromatic carbocycles. The summed E-state index contributed by atoms with van der Waals surface area (Å²) in [5, 5.41) is 0.194. The summed E-state index contributed by atoms with van der Waals surface area (Å²) in [6.07, 6.45) is 3.81. The minimum Gasteiger partial charge on any atom is -0.370 e. The van der Waals surface area contributed by atoms with Crippen LogP contribution in [0.25, 0.3) is 0 Å². The summed E-state index contributed by atoms with van der Waals surface area (Å²) in [5.41, 5.74) is 1.75. The maximum Gasteiger partial charge on any atom is 0.227 e. The van der Waals surface area contributed by atoms with Gasteiger partial charge in [0.2, 0.25) is 11.1 Å². The van der Waals surface area contributed by atoms with Crippen LogP contribution in [0.2, 0.25) is 5.02 Å². The number of piperidine rings is 1. The van der Waals surface area contributed by atoms with E-state index in [-0.39, 0.29) is 12.3 Å². The minimum absolute atomic E-state index is 0.0826. The molecule has 3 rings (SSSR count). The lowest BCUT2D eigenvalue weighted by Gasteiger charge is -2.30. The molecular formula is C16H18Cl2N2O2. The zero-order chi connectivity index (χ0) is 15.7. The number of anilines is 2. The Balaban J connectivity index is 1.80. The maximum absolute atomic E-state index is 12.0. The van der Waals surface area contributed by atoms with Crippen LogP contribution < -0.4 is 9.80 Å². The average molecular weight is 341 g/mol. The van der Waals surface area contributed by atoms with Gasteiger partial charge in [0.1, 0.15) is 0 Å². The molecule has 2 aliphatic heterocycles. The standard InChI is InChI=1S/C16H18Cl2N2O2/c17-13-9-12(20-10-11(16(18)22)8-15(20)21)4-5-14(13)19-6-2-1-3-7-19/h4-5,9,11H,1-3,6-8,10H2/t11-/m1/s1. The van der Waals surface area contributed by atoms with Crippen molar-refractivity contribution in [2.75, 3.05) is 29.4 Å².